The number of ether oxygens (including phenoxy) is 1. The number of anilines is 2. The summed E-state index contributed by atoms with van der Waals surface area (Å²) in [5.74, 6) is 0.622. The molecule has 1 aromatic heterocycles. The van der Waals surface area contributed by atoms with E-state index in [9.17, 15) is 13.9 Å². The summed E-state index contributed by atoms with van der Waals surface area (Å²) in [6, 6.07) is 20.2. The van der Waals surface area contributed by atoms with Gasteiger partial charge in [-0.15, -0.1) is 19.0 Å². The number of rotatable bonds is 5. The Bertz CT molecular complexity index is 1150. The third-order valence-electron chi connectivity index (χ3n) is 4.18. The van der Waals surface area contributed by atoms with Gasteiger partial charge in [0.1, 0.15) is 17.2 Å². The number of nitrogens with one attached hydrogen (secondary N) is 1. The van der Waals surface area contributed by atoms with E-state index in [4.69, 9.17) is 11.6 Å². The third kappa shape index (κ3) is 4.35. The molecule has 4 aromatic rings. The monoisotopic (exact) mass is 413 g/mol. The molecule has 0 fully saturated rings. The fourth-order valence-electron chi connectivity index (χ4n) is 2.91. The van der Waals surface area contributed by atoms with Crippen molar-refractivity contribution in [3.63, 3.8) is 0 Å². The first-order chi connectivity index (χ1) is 13.9. The van der Waals surface area contributed by atoms with Crippen molar-refractivity contribution in [2.75, 3.05) is 5.32 Å². The molecule has 0 radical (unpaired) electrons. The number of benzene rings is 3. The first kappa shape index (κ1) is 18.9. The molecule has 5 nitrogen and oxygen atoms in total. The molecule has 0 saturated heterocycles. The summed E-state index contributed by atoms with van der Waals surface area (Å²) in [6.45, 7) is 0. The number of halogens is 3. The van der Waals surface area contributed by atoms with Gasteiger partial charge in [-0.1, -0.05) is 24.3 Å². The molecule has 4 rings (SSSR count). The van der Waals surface area contributed by atoms with Crippen LogP contribution in [0.3, 0.4) is 0 Å². The maximum Gasteiger partial charge on any atom is 0.487 e. The highest BCUT2D eigenvalue weighted by Crippen LogP contribution is 2.32. The molecular formula is C21H14ClF2N3O2. The van der Waals surface area contributed by atoms with Gasteiger partial charge in [-0.3, -0.25) is 0 Å². The van der Waals surface area contributed by atoms with Crippen molar-refractivity contribution in [2.24, 2.45) is 0 Å². The largest absolute Gasteiger partial charge is 0.508 e. The van der Waals surface area contributed by atoms with Crippen molar-refractivity contribution < 1.29 is 18.6 Å². The second-order valence-electron chi connectivity index (χ2n) is 6.19. The van der Waals surface area contributed by atoms with Crippen LogP contribution in [0.4, 0.5) is 20.3 Å². The van der Waals surface area contributed by atoms with Gasteiger partial charge in [0.2, 0.25) is 0 Å². The molecule has 0 aliphatic carbocycles. The number of aromatic hydroxyl groups is 1. The minimum Gasteiger partial charge on any atom is -0.508 e. The van der Waals surface area contributed by atoms with Crippen LogP contribution in [0.25, 0.3) is 22.0 Å². The van der Waals surface area contributed by atoms with Crippen molar-refractivity contribution in [3.8, 4) is 22.8 Å². The number of hydrogen-bond acceptors (Lipinski definition) is 5. The predicted molar refractivity (Wildman–Crippen MR) is 108 cm³/mol. The van der Waals surface area contributed by atoms with E-state index in [-0.39, 0.29) is 11.5 Å². The zero-order chi connectivity index (χ0) is 20.4. The molecule has 0 spiro atoms. The van der Waals surface area contributed by atoms with E-state index in [1.807, 2.05) is 24.3 Å². The van der Waals surface area contributed by atoms with Gasteiger partial charge in [-0.2, -0.15) is 0 Å². The van der Waals surface area contributed by atoms with Crippen LogP contribution in [-0.4, -0.2) is 20.9 Å². The Morgan fingerprint density at radius 2 is 1.52 bits per heavy atom. The number of phenols is 1. The van der Waals surface area contributed by atoms with Gasteiger partial charge in [0, 0.05) is 33.6 Å². The van der Waals surface area contributed by atoms with Gasteiger partial charge in [0.15, 0.2) is 5.82 Å². The zero-order valence-electron chi connectivity index (χ0n) is 14.8. The van der Waals surface area contributed by atoms with Crippen molar-refractivity contribution in [1.29, 1.82) is 0 Å². The molecule has 0 amide bonds. The minimum atomic E-state index is -3.76. The SMILES string of the molecule is Oc1ccc(-c2nnc(Nc3ccc(OC(F)(F)Cl)cc3)c3ccccc23)cc1. The number of alkyl halides is 3. The van der Waals surface area contributed by atoms with Crippen molar-refractivity contribution in [3.05, 3.63) is 72.8 Å². The van der Waals surface area contributed by atoms with Crippen LogP contribution in [0.1, 0.15) is 0 Å². The Hall–Kier alpha value is -3.45. The van der Waals surface area contributed by atoms with E-state index in [0.717, 1.165) is 16.3 Å². The molecule has 8 heteroatoms. The number of fused-ring (bicyclic) bond motifs is 1. The van der Waals surface area contributed by atoms with Crippen molar-refractivity contribution in [1.82, 2.24) is 10.2 Å². The summed E-state index contributed by atoms with van der Waals surface area (Å²) in [4.78, 5) is 0. The second kappa shape index (κ2) is 7.52. The maximum absolute atomic E-state index is 12.7. The summed E-state index contributed by atoms with van der Waals surface area (Å²) in [6.07, 6.45) is 0. The summed E-state index contributed by atoms with van der Waals surface area (Å²) < 4.78 is 29.8. The summed E-state index contributed by atoms with van der Waals surface area (Å²) >= 11 is 4.77. The van der Waals surface area contributed by atoms with Crippen LogP contribution >= 0.6 is 11.6 Å². The Balaban J connectivity index is 1.67. The Morgan fingerprint density at radius 1 is 0.862 bits per heavy atom. The summed E-state index contributed by atoms with van der Waals surface area (Å²) in [7, 11) is 0. The minimum absolute atomic E-state index is 0.0610. The Morgan fingerprint density at radius 3 is 2.17 bits per heavy atom. The van der Waals surface area contributed by atoms with E-state index in [1.165, 1.54) is 12.1 Å². The molecular weight excluding hydrogens is 400 g/mol. The average Bonchev–Trinajstić information content (AvgIpc) is 2.69. The molecule has 0 saturated carbocycles. The molecule has 3 aromatic carbocycles. The van der Waals surface area contributed by atoms with E-state index in [2.05, 4.69) is 20.3 Å². The van der Waals surface area contributed by atoms with E-state index in [0.29, 0.717) is 17.2 Å². The highest BCUT2D eigenvalue weighted by atomic mass is 35.5. The Labute approximate surface area is 169 Å². The van der Waals surface area contributed by atoms with E-state index >= 15 is 0 Å². The highest BCUT2D eigenvalue weighted by Gasteiger charge is 2.27. The molecule has 0 bridgehead atoms. The fourth-order valence-corrected chi connectivity index (χ4v) is 2.99. The summed E-state index contributed by atoms with van der Waals surface area (Å²) in [5, 5.41) is 23.0. The lowest BCUT2D eigenvalue weighted by Gasteiger charge is -2.13. The van der Waals surface area contributed by atoms with E-state index < -0.39 is 5.57 Å². The number of nitrogens with zero attached hydrogens (tertiary/aromatic N) is 2. The van der Waals surface area contributed by atoms with Gasteiger partial charge in [-0.05, 0) is 48.5 Å². The highest BCUT2D eigenvalue weighted by molar-refractivity contribution is 6.20. The second-order valence-corrected chi connectivity index (χ2v) is 6.63. The average molecular weight is 414 g/mol. The standard InChI is InChI=1S/C21H14ClF2N3O2/c22-21(23,24)29-16-11-7-14(8-12-16)25-20-18-4-2-1-3-17(18)19(26-27-20)13-5-9-15(28)10-6-13/h1-12,28H,(H,25,27). The van der Waals surface area contributed by atoms with Crippen molar-refractivity contribution >= 4 is 33.9 Å². The molecule has 1 heterocycles. The molecule has 2 N–H and O–H groups in total. The van der Waals surface area contributed by atoms with Crippen LogP contribution in [0.15, 0.2) is 72.8 Å². The Kier molecular flexibility index (Phi) is 4.90. The number of aromatic nitrogens is 2. The van der Waals surface area contributed by atoms with Crippen LogP contribution in [-0.2, 0) is 0 Å². The first-order valence-electron chi connectivity index (χ1n) is 8.57. The lowest BCUT2D eigenvalue weighted by Crippen LogP contribution is -2.15. The van der Waals surface area contributed by atoms with Gasteiger partial charge < -0.3 is 15.2 Å². The molecule has 0 aliphatic heterocycles. The van der Waals surface area contributed by atoms with Crippen LogP contribution in [0.2, 0.25) is 0 Å². The lowest BCUT2D eigenvalue weighted by atomic mass is 10.0. The van der Waals surface area contributed by atoms with Gasteiger partial charge in [0.05, 0.1) is 0 Å². The summed E-state index contributed by atoms with van der Waals surface area (Å²) in [5.41, 5.74) is -1.64. The fraction of sp³-hybridized carbons (Fsp3) is 0.0476. The molecule has 146 valence electrons. The lowest BCUT2D eigenvalue weighted by molar-refractivity contribution is -0.0964. The predicted octanol–water partition coefficient (Wildman–Crippen LogP) is 5.91. The van der Waals surface area contributed by atoms with Gasteiger partial charge >= 0.3 is 5.57 Å². The van der Waals surface area contributed by atoms with Crippen LogP contribution in [0, 0.1) is 0 Å². The van der Waals surface area contributed by atoms with Crippen LogP contribution in [0.5, 0.6) is 11.5 Å². The number of hydrogen-bond donors (Lipinski definition) is 2. The third-order valence-corrected chi connectivity index (χ3v) is 4.26. The smallest absolute Gasteiger partial charge is 0.487 e. The normalized spacial score (nSPS) is 11.4. The molecule has 0 atom stereocenters. The molecule has 0 unspecified atom stereocenters. The zero-order valence-corrected chi connectivity index (χ0v) is 15.6. The maximum atomic E-state index is 12.7. The van der Waals surface area contributed by atoms with Crippen LogP contribution < -0.4 is 10.1 Å². The molecule has 29 heavy (non-hydrogen) atoms. The number of phenolic OH excluding ortho intramolecular Hbond substituents is 1. The quantitative estimate of drug-likeness (QED) is 0.398. The topological polar surface area (TPSA) is 67.3 Å². The van der Waals surface area contributed by atoms with Crippen molar-refractivity contribution in [2.45, 2.75) is 5.57 Å². The first-order valence-corrected chi connectivity index (χ1v) is 8.94. The van der Waals surface area contributed by atoms with Gasteiger partial charge in [0.25, 0.3) is 0 Å². The molecule has 0 aliphatic rings. The van der Waals surface area contributed by atoms with E-state index in [1.54, 1.807) is 36.4 Å². The van der Waals surface area contributed by atoms with Gasteiger partial charge in [-0.25, -0.2) is 0 Å².